The summed E-state index contributed by atoms with van der Waals surface area (Å²) in [7, 11) is 0. The van der Waals surface area contributed by atoms with E-state index >= 15 is 0 Å². The van der Waals surface area contributed by atoms with Crippen molar-refractivity contribution in [1.29, 1.82) is 0 Å². The Morgan fingerprint density at radius 2 is 2.28 bits per heavy atom. The molecule has 18 heavy (non-hydrogen) atoms. The summed E-state index contributed by atoms with van der Waals surface area (Å²) in [6.07, 6.45) is 0. The molecule has 1 fully saturated rings. The lowest BCUT2D eigenvalue weighted by atomic mass is 10.2. The van der Waals surface area contributed by atoms with Gasteiger partial charge >= 0.3 is 0 Å². The van der Waals surface area contributed by atoms with E-state index in [0.717, 1.165) is 0 Å². The third-order valence-electron chi connectivity index (χ3n) is 2.69. The molecule has 0 aliphatic carbocycles. The van der Waals surface area contributed by atoms with Crippen LogP contribution < -0.4 is 0 Å². The SMILES string of the molecule is O=C1COCCN1Cc1cc([N+](=O)[O-])ccc1Cl. The lowest BCUT2D eigenvalue weighted by molar-refractivity contribution is -0.384. The molecule has 96 valence electrons. The predicted molar refractivity (Wildman–Crippen MR) is 64.3 cm³/mol. The molecule has 0 spiro atoms. The average molecular weight is 271 g/mol. The van der Waals surface area contributed by atoms with Gasteiger partial charge in [-0.25, -0.2) is 0 Å². The van der Waals surface area contributed by atoms with Crippen LogP contribution >= 0.6 is 11.6 Å². The first-order valence-electron chi connectivity index (χ1n) is 5.36. The van der Waals surface area contributed by atoms with E-state index < -0.39 is 4.92 Å². The van der Waals surface area contributed by atoms with Crippen LogP contribution in [0.25, 0.3) is 0 Å². The molecule has 0 N–H and O–H groups in total. The van der Waals surface area contributed by atoms with Crippen LogP contribution in [-0.2, 0) is 16.1 Å². The molecule has 1 aromatic carbocycles. The quantitative estimate of drug-likeness (QED) is 0.618. The average Bonchev–Trinajstić information content (AvgIpc) is 2.34. The molecule has 1 saturated heterocycles. The molecule has 1 aliphatic rings. The highest BCUT2D eigenvalue weighted by Gasteiger charge is 2.20. The fourth-order valence-electron chi connectivity index (χ4n) is 1.72. The molecule has 0 radical (unpaired) electrons. The van der Waals surface area contributed by atoms with Gasteiger partial charge in [0.2, 0.25) is 5.91 Å². The maximum absolute atomic E-state index is 11.6. The number of rotatable bonds is 3. The van der Waals surface area contributed by atoms with Gasteiger partial charge in [-0.2, -0.15) is 0 Å². The van der Waals surface area contributed by atoms with Crippen LogP contribution in [0.2, 0.25) is 5.02 Å². The number of amides is 1. The van der Waals surface area contributed by atoms with Gasteiger partial charge < -0.3 is 9.64 Å². The molecule has 1 aromatic rings. The van der Waals surface area contributed by atoms with Gasteiger partial charge in [-0.1, -0.05) is 11.6 Å². The van der Waals surface area contributed by atoms with Crippen LogP contribution in [0.15, 0.2) is 18.2 Å². The van der Waals surface area contributed by atoms with Gasteiger partial charge in [-0.3, -0.25) is 14.9 Å². The summed E-state index contributed by atoms with van der Waals surface area (Å²) in [5.74, 6) is -0.135. The number of carbonyl (C=O) groups excluding carboxylic acids is 1. The molecule has 7 heteroatoms. The van der Waals surface area contributed by atoms with Crippen molar-refractivity contribution in [2.75, 3.05) is 19.8 Å². The maximum Gasteiger partial charge on any atom is 0.269 e. The zero-order chi connectivity index (χ0) is 13.1. The maximum atomic E-state index is 11.6. The van der Waals surface area contributed by atoms with Gasteiger partial charge in [0.05, 0.1) is 11.5 Å². The van der Waals surface area contributed by atoms with Crippen molar-refractivity contribution in [3.05, 3.63) is 38.9 Å². The van der Waals surface area contributed by atoms with E-state index in [0.29, 0.717) is 23.7 Å². The standard InChI is InChI=1S/C11H11ClN2O4/c12-10-2-1-9(14(16)17)5-8(10)6-13-3-4-18-7-11(13)15/h1-2,5H,3-4,6-7H2. The fourth-order valence-corrected chi connectivity index (χ4v) is 1.90. The number of ether oxygens (including phenoxy) is 1. The predicted octanol–water partition coefficient (Wildman–Crippen LogP) is 1.61. The van der Waals surface area contributed by atoms with Crippen molar-refractivity contribution < 1.29 is 14.5 Å². The van der Waals surface area contributed by atoms with Crippen LogP contribution in [0.4, 0.5) is 5.69 Å². The van der Waals surface area contributed by atoms with E-state index in [4.69, 9.17) is 16.3 Å². The highest BCUT2D eigenvalue weighted by Crippen LogP contribution is 2.23. The molecule has 0 aromatic heterocycles. The number of nitro groups is 1. The molecule has 0 atom stereocenters. The van der Waals surface area contributed by atoms with Gasteiger partial charge in [-0.05, 0) is 11.6 Å². The lowest BCUT2D eigenvalue weighted by Gasteiger charge is -2.27. The normalized spacial score (nSPS) is 15.8. The Hall–Kier alpha value is -1.66. The second-order valence-corrected chi connectivity index (χ2v) is 4.31. The summed E-state index contributed by atoms with van der Waals surface area (Å²) in [4.78, 5) is 23.3. The molecule has 1 heterocycles. The summed E-state index contributed by atoms with van der Waals surface area (Å²) in [5, 5.41) is 11.1. The number of nitrogens with zero attached hydrogens (tertiary/aromatic N) is 2. The molecule has 1 aliphatic heterocycles. The van der Waals surface area contributed by atoms with Crippen LogP contribution in [0, 0.1) is 10.1 Å². The molecule has 0 unspecified atom stereocenters. The summed E-state index contributed by atoms with van der Waals surface area (Å²) < 4.78 is 5.01. The highest BCUT2D eigenvalue weighted by molar-refractivity contribution is 6.31. The Balaban J connectivity index is 2.19. The number of non-ortho nitro benzene ring substituents is 1. The van der Waals surface area contributed by atoms with Gasteiger partial charge in [0.15, 0.2) is 0 Å². The topological polar surface area (TPSA) is 72.7 Å². The van der Waals surface area contributed by atoms with Crippen molar-refractivity contribution in [3.63, 3.8) is 0 Å². The van der Waals surface area contributed by atoms with Crippen LogP contribution in [0.1, 0.15) is 5.56 Å². The third kappa shape index (κ3) is 2.77. The van der Waals surface area contributed by atoms with Crippen LogP contribution in [0.5, 0.6) is 0 Å². The summed E-state index contributed by atoms with van der Waals surface area (Å²) in [6.45, 7) is 1.26. The second kappa shape index (κ2) is 5.32. The Labute approximate surface area is 108 Å². The Morgan fingerprint density at radius 1 is 1.50 bits per heavy atom. The number of halogens is 1. The van der Waals surface area contributed by atoms with E-state index in [9.17, 15) is 14.9 Å². The molecule has 2 rings (SSSR count). The summed E-state index contributed by atoms with van der Waals surface area (Å²) >= 11 is 5.98. The van der Waals surface area contributed by atoms with E-state index in [-0.39, 0.29) is 24.7 Å². The summed E-state index contributed by atoms with van der Waals surface area (Å²) in [5.41, 5.74) is 0.538. The number of morpholine rings is 1. The minimum Gasteiger partial charge on any atom is -0.370 e. The molecular weight excluding hydrogens is 260 g/mol. The molecule has 0 saturated carbocycles. The second-order valence-electron chi connectivity index (χ2n) is 3.90. The summed E-state index contributed by atoms with van der Waals surface area (Å²) in [6, 6.07) is 4.21. The Bertz CT molecular complexity index is 492. The molecule has 0 bridgehead atoms. The first-order chi connectivity index (χ1) is 8.58. The van der Waals surface area contributed by atoms with E-state index in [1.165, 1.54) is 18.2 Å². The number of carbonyl (C=O) groups is 1. The monoisotopic (exact) mass is 270 g/mol. The zero-order valence-electron chi connectivity index (χ0n) is 9.47. The van der Waals surface area contributed by atoms with Gasteiger partial charge in [-0.15, -0.1) is 0 Å². The first kappa shape index (κ1) is 12.8. The van der Waals surface area contributed by atoms with Crippen LogP contribution in [-0.4, -0.2) is 35.5 Å². The molecular formula is C11H11ClN2O4. The van der Waals surface area contributed by atoms with Gasteiger partial charge in [0, 0.05) is 30.2 Å². The molecule has 1 amide bonds. The first-order valence-corrected chi connectivity index (χ1v) is 5.74. The minimum atomic E-state index is -0.485. The smallest absolute Gasteiger partial charge is 0.269 e. The van der Waals surface area contributed by atoms with Crippen molar-refractivity contribution in [2.24, 2.45) is 0 Å². The van der Waals surface area contributed by atoms with Gasteiger partial charge in [0.1, 0.15) is 6.61 Å². The highest BCUT2D eigenvalue weighted by atomic mass is 35.5. The van der Waals surface area contributed by atoms with Crippen molar-refractivity contribution in [1.82, 2.24) is 4.90 Å². The fraction of sp³-hybridized carbons (Fsp3) is 0.364. The number of hydrogen-bond donors (Lipinski definition) is 0. The largest absolute Gasteiger partial charge is 0.370 e. The van der Waals surface area contributed by atoms with Gasteiger partial charge in [0.25, 0.3) is 5.69 Å². The number of nitro benzene ring substituents is 1. The number of benzene rings is 1. The van der Waals surface area contributed by atoms with Crippen LogP contribution in [0.3, 0.4) is 0 Å². The number of hydrogen-bond acceptors (Lipinski definition) is 4. The third-order valence-corrected chi connectivity index (χ3v) is 3.05. The van der Waals surface area contributed by atoms with E-state index in [1.54, 1.807) is 4.90 Å². The van der Waals surface area contributed by atoms with Crippen molar-refractivity contribution in [2.45, 2.75) is 6.54 Å². The van der Waals surface area contributed by atoms with E-state index in [2.05, 4.69) is 0 Å². The Kier molecular flexibility index (Phi) is 3.78. The molecule has 6 nitrogen and oxygen atoms in total. The van der Waals surface area contributed by atoms with Crippen molar-refractivity contribution in [3.8, 4) is 0 Å². The zero-order valence-corrected chi connectivity index (χ0v) is 10.2. The van der Waals surface area contributed by atoms with E-state index in [1.807, 2.05) is 0 Å². The lowest BCUT2D eigenvalue weighted by Crippen LogP contribution is -2.40. The Morgan fingerprint density at radius 3 is 2.94 bits per heavy atom. The minimum absolute atomic E-state index is 0.0323. The van der Waals surface area contributed by atoms with Crippen molar-refractivity contribution >= 4 is 23.2 Å².